The summed E-state index contributed by atoms with van der Waals surface area (Å²) in [6, 6.07) is 1.55. The van der Waals surface area contributed by atoms with Crippen molar-refractivity contribution < 1.29 is 9.90 Å². The van der Waals surface area contributed by atoms with Gasteiger partial charge < -0.3 is 10.0 Å². The van der Waals surface area contributed by atoms with Crippen LogP contribution in [0.15, 0.2) is 12.3 Å². The molecule has 4 nitrogen and oxygen atoms in total. The number of aromatic nitrogens is 1. The molecule has 18 heavy (non-hydrogen) atoms. The fraction of sp³-hybridized carbons (Fsp3) is 0.500. The van der Waals surface area contributed by atoms with E-state index in [0.717, 1.165) is 18.8 Å². The number of aromatic carboxylic acids is 1. The van der Waals surface area contributed by atoms with Gasteiger partial charge in [-0.05, 0) is 19.9 Å². The molecule has 0 spiro atoms. The minimum atomic E-state index is -1.02. The molecule has 6 heteroatoms. The number of thioether (sulfide) groups is 1. The average molecular weight is 287 g/mol. The Kier molecular flexibility index (Phi) is 3.73. The molecule has 0 aliphatic carbocycles. The summed E-state index contributed by atoms with van der Waals surface area (Å²) in [6.45, 7) is 6.09. The largest absolute Gasteiger partial charge is 0.478 e. The van der Waals surface area contributed by atoms with Crippen LogP contribution < -0.4 is 4.90 Å². The van der Waals surface area contributed by atoms with Crippen LogP contribution in [0.5, 0.6) is 0 Å². The van der Waals surface area contributed by atoms with E-state index in [9.17, 15) is 4.79 Å². The molecule has 0 radical (unpaired) electrons. The Bertz CT molecular complexity index is 479. The van der Waals surface area contributed by atoms with Crippen LogP contribution >= 0.6 is 23.4 Å². The van der Waals surface area contributed by atoms with Crippen LogP contribution in [0.2, 0.25) is 5.02 Å². The maximum absolute atomic E-state index is 11.0. The standard InChI is InChI=1S/C12H15ClN2O2S/c1-12(2)7-15(3-4-18-12)10-5-8(11(16)17)9(13)6-14-10/h5-6H,3-4,7H2,1-2H3,(H,16,17). The molecular formula is C12H15ClN2O2S. The number of pyridine rings is 1. The van der Waals surface area contributed by atoms with E-state index < -0.39 is 5.97 Å². The van der Waals surface area contributed by atoms with Gasteiger partial charge in [0.25, 0.3) is 0 Å². The van der Waals surface area contributed by atoms with Gasteiger partial charge in [0.05, 0.1) is 10.6 Å². The molecule has 0 bridgehead atoms. The number of carbonyl (C=O) groups is 1. The monoisotopic (exact) mass is 286 g/mol. The number of halogens is 1. The van der Waals surface area contributed by atoms with Gasteiger partial charge in [-0.3, -0.25) is 0 Å². The SMILES string of the molecule is CC1(C)CN(c2cc(C(=O)O)c(Cl)cn2)CCS1. The predicted octanol–water partition coefficient (Wildman–Crippen LogP) is 2.77. The second-order valence-electron chi connectivity index (χ2n) is 4.86. The second-order valence-corrected chi connectivity index (χ2v) is 7.07. The zero-order valence-corrected chi connectivity index (χ0v) is 11.9. The van der Waals surface area contributed by atoms with Crippen molar-refractivity contribution in [3.05, 3.63) is 22.8 Å². The first kappa shape index (κ1) is 13.5. The van der Waals surface area contributed by atoms with Gasteiger partial charge >= 0.3 is 5.97 Å². The fourth-order valence-electron chi connectivity index (χ4n) is 1.98. The maximum atomic E-state index is 11.0. The van der Waals surface area contributed by atoms with Gasteiger partial charge in [-0.25, -0.2) is 9.78 Å². The van der Waals surface area contributed by atoms with Crippen molar-refractivity contribution in [1.82, 2.24) is 4.98 Å². The Morgan fingerprint density at radius 2 is 2.33 bits per heavy atom. The molecule has 2 heterocycles. The molecular weight excluding hydrogens is 272 g/mol. The second kappa shape index (κ2) is 4.97. The first-order valence-corrected chi connectivity index (χ1v) is 7.03. The van der Waals surface area contributed by atoms with Crippen LogP contribution in [0.3, 0.4) is 0 Å². The summed E-state index contributed by atoms with van der Waals surface area (Å²) in [5.41, 5.74) is 0.109. The van der Waals surface area contributed by atoms with Gasteiger partial charge in [-0.15, -0.1) is 0 Å². The highest BCUT2D eigenvalue weighted by Crippen LogP contribution is 2.32. The van der Waals surface area contributed by atoms with Crippen molar-refractivity contribution >= 4 is 35.1 Å². The van der Waals surface area contributed by atoms with Gasteiger partial charge in [0.15, 0.2) is 0 Å². The van der Waals surface area contributed by atoms with Crippen molar-refractivity contribution in [2.45, 2.75) is 18.6 Å². The van der Waals surface area contributed by atoms with Crippen LogP contribution in [0.4, 0.5) is 5.82 Å². The molecule has 0 unspecified atom stereocenters. The van der Waals surface area contributed by atoms with Crippen molar-refractivity contribution in [2.24, 2.45) is 0 Å². The molecule has 98 valence electrons. The molecule has 1 aliphatic heterocycles. The lowest BCUT2D eigenvalue weighted by molar-refractivity contribution is 0.0697. The number of carboxylic acids is 1. The molecule has 1 saturated heterocycles. The lowest BCUT2D eigenvalue weighted by atomic mass is 10.1. The van der Waals surface area contributed by atoms with E-state index in [-0.39, 0.29) is 15.3 Å². The predicted molar refractivity (Wildman–Crippen MR) is 75.0 cm³/mol. The number of rotatable bonds is 2. The van der Waals surface area contributed by atoms with E-state index in [1.165, 1.54) is 6.20 Å². The van der Waals surface area contributed by atoms with E-state index >= 15 is 0 Å². The van der Waals surface area contributed by atoms with E-state index in [1.807, 2.05) is 11.8 Å². The van der Waals surface area contributed by atoms with Crippen molar-refractivity contribution in [3.63, 3.8) is 0 Å². The van der Waals surface area contributed by atoms with Crippen molar-refractivity contribution in [2.75, 3.05) is 23.7 Å². The normalized spacial score (nSPS) is 18.7. The van der Waals surface area contributed by atoms with Crippen LogP contribution in [0, 0.1) is 0 Å². The fourth-order valence-corrected chi connectivity index (χ4v) is 3.27. The van der Waals surface area contributed by atoms with E-state index in [2.05, 4.69) is 23.7 Å². The highest BCUT2D eigenvalue weighted by molar-refractivity contribution is 8.00. The topological polar surface area (TPSA) is 53.4 Å². The zero-order valence-electron chi connectivity index (χ0n) is 10.3. The highest BCUT2D eigenvalue weighted by Gasteiger charge is 2.28. The summed E-state index contributed by atoms with van der Waals surface area (Å²) in [6.07, 6.45) is 1.41. The molecule has 2 rings (SSSR count). The van der Waals surface area contributed by atoms with Crippen LogP contribution in [0.1, 0.15) is 24.2 Å². The third kappa shape index (κ3) is 2.90. The van der Waals surface area contributed by atoms with Gasteiger partial charge in [-0.1, -0.05) is 11.6 Å². The molecule has 1 aliphatic rings. The quantitative estimate of drug-likeness (QED) is 0.906. The van der Waals surface area contributed by atoms with Gasteiger partial charge in [0.1, 0.15) is 5.82 Å². The minimum Gasteiger partial charge on any atom is -0.478 e. The summed E-state index contributed by atoms with van der Waals surface area (Å²) in [5.74, 6) is 0.680. The summed E-state index contributed by atoms with van der Waals surface area (Å²) >= 11 is 7.74. The molecule has 0 atom stereocenters. The Labute approximate surface area is 115 Å². The Morgan fingerprint density at radius 3 is 2.94 bits per heavy atom. The number of anilines is 1. The van der Waals surface area contributed by atoms with Gasteiger partial charge in [0, 0.05) is 29.8 Å². The third-order valence-corrected chi connectivity index (χ3v) is 4.42. The van der Waals surface area contributed by atoms with Crippen LogP contribution in [-0.2, 0) is 0 Å². The summed E-state index contributed by atoms with van der Waals surface area (Å²) in [5, 5.41) is 9.23. The Morgan fingerprint density at radius 1 is 1.61 bits per heavy atom. The van der Waals surface area contributed by atoms with E-state index in [1.54, 1.807) is 6.07 Å². The minimum absolute atomic E-state index is 0.109. The van der Waals surface area contributed by atoms with E-state index in [0.29, 0.717) is 5.82 Å². The zero-order chi connectivity index (χ0) is 13.3. The summed E-state index contributed by atoms with van der Waals surface area (Å²) in [7, 11) is 0. The Balaban J connectivity index is 2.28. The smallest absolute Gasteiger partial charge is 0.337 e. The molecule has 1 aromatic rings. The highest BCUT2D eigenvalue weighted by atomic mass is 35.5. The third-order valence-electron chi connectivity index (χ3n) is 2.82. The average Bonchev–Trinajstić information content (AvgIpc) is 2.27. The van der Waals surface area contributed by atoms with Crippen LogP contribution in [0.25, 0.3) is 0 Å². The Hall–Kier alpha value is -0.940. The summed E-state index contributed by atoms with van der Waals surface area (Å²) < 4.78 is 0.156. The first-order valence-electron chi connectivity index (χ1n) is 5.67. The maximum Gasteiger partial charge on any atom is 0.337 e. The number of hydrogen-bond donors (Lipinski definition) is 1. The summed E-state index contributed by atoms with van der Waals surface area (Å²) in [4.78, 5) is 17.4. The number of hydrogen-bond acceptors (Lipinski definition) is 4. The molecule has 1 fully saturated rings. The first-order chi connectivity index (χ1) is 8.39. The molecule has 1 aromatic heterocycles. The molecule has 1 N–H and O–H groups in total. The van der Waals surface area contributed by atoms with E-state index in [4.69, 9.17) is 16.7 Å². The van der Waals surface area contributed by atoms with Gasteiger partial charge in [0.2, 0.25) is 0 Å². The lowest BCUT2D eigenvalue weighted by Crippen LogP contribution is -2.43. The molecule has 0 saturated carbocycles. The van der Waals surface area contributed by atoms with Crippen molar-refractivity contribution in [1.29, 1.82) is 0 Å². The van der Waals surface area contributed by atoms with Crippen LogP contribution in [-0.4, -0.2) is 39.6 Å². The lowest BCUT2D eigenvalue weighted by Gasteiger charge is -2.38. The molecule has 0 aromatic carbocycles. The van der Waals surface area contributed by atoms with Crippen molar-refractivity contribution in [3.8, 4) is 0 Å². The number of carboxylic acid groups (broad SMARTS) is 1. The molecule has 0 amide bonds. The number of nitrogens with zero attached hydrogens (tertiary/aromatic N) is 2. The van der Waals surface area contributed by atoms with Gasteiger partial charge in [-0.2, -0.15) is 11.8 Å².